The predicted molar refractivity (Wildman–Crippen MR) is 87.2 cm³/mol. The molecule has 0 unspecified atom stereocenters. The van der Waals surface area contributed by atoms with Crippen LogP contribution in [-0.2, 0) is 9.84 Å². The molecule has 0 fully saturated rings. The first-order chi connectivity index (χ1) is 8.82. The quantitative estimate of drug-likeness (QED) is 0.732. The van der Waals surface area contributed by atoms with Gasteiger partial charge in [-0.1, -0.05) is 24.3 Å². The molecule has 0 N–H and O–H groups in total. The van der Waals surface area contributed by atoms with Crippen LogP contribution in [0.1, 0.15) is 11.1 Å². The van der Waals surface area contributed by atoms with E-state index >= 15 is 0 Å². The highest BCUT2D eigenvalue weighted by Crippen LogP contribution is 2.34. The summed E-state index contributed by atoms with van der Waals surface area (Å²) >= 11 is 2.24. The average molecular weight is 386 g/mol. The second-order valence-electron chi connectivity index (χ2n) is 4.63. The Kier molecular flexibility index (Phi) is 4.01. The number of benzene rings is 2. The van der Waals surface area contributed by atoms with E-state index in [-0.39, 0.29) is 0 Å². The molecule has 0 radical (unpaired) electrons. The van der Waals surface area contributed by atoms with Gasteiger partial charge in [0.15, 0.2) is 9.84 Å². The van der Waals surface area contributed by atoms with E-state index in [1.165, 1.54) is 6.26 Å². The maximum atomic E-state index is 12.0. The lowest BCUT2D eigenvalue weighted by molar-refractivity contribution is 0.602. The summed E-state index contributed by atoms with van der Waals surface area (Å²) in [6.07, 6.45) is 1.26. The zero-order valence-electron chi connectivity index (χ0n) is 11.1. The standard InChI is InChI=1S/C15H15IO2S/c1-10-6-4-5-7-12(10)15-11(2)13(16)8-9-14(15)19(3,17)18/h4-9H,1-3H3. The highest BCUT2D eigenvalue weighted by molar-refractivity contribution is 14.1. The molecule has 2 rings (SSSR count). The SMILES string of the molecule is Cc1ccccc1-c1c(S(C)(=O)=O)ccc(I)c1C. The van der Waals surface area contributed by atoms with Gasteiger partial charge in [0.25, 0.3) is 0 Å². The summed E-state index contributed by atoms with van der Waals surface area (Å²) in [5.74, 6) is 0. The Balaban J connectivity index is 2.90. The lowest BCUT2D eigenvalue weighted by Gasteiger charge is -2.15. The van der Waals surface area contributed by atoms with Gasteiger partial charge in [-0.15, -0.1) is 0 Å². The Hall–Kier alpha value is -0.880. The Bertz CT molecular complexity index is 734. The van der Waals surface area contributed by atoms with Crippen molar-refractivity contribution in [2.24, 2.45) is 0 Å². The van der Waals surface area contributed by atoms with Crippen molar-refractivity contribution in [2.45, 2.75) is 18.7 Å². The fraction of sp³-hybridized carbons (Fsp3) is 0.200. The molecule has 0 aliphatic heterocycles. The minimum atomic E-state index is -3.24. The smallest absolute Gasteiger partial charge is 0.176 e. The van der Waals surface area contributed by atoms with Crippen LogP contribution in [0, 0.1) is 17.4 Å². The summed E-state index contributed by atoms with van der Waals surface area (Å²) in [7, 11) is -3.24. The van der Waals surface area contributed by atoms with Crippen LogP contribution in [0.4, 0.5) is 0 Å². The van der Waals surface area contributed by atoms with Gasteiger partial charge in [0.2, 0.25) is 0 Å². The summed E-state index contributed by atoms with van der Waals surface area (Å²) in [5, 5.41) is 0. The highest BCUT2D eigenvalue weighted by Gasteiger charge is 2.19. The van der Waals surface area contributed by atoms with Crippen molar-refractivity contribution in [3.8, 4) is 11.1 Å². The van der Waals surface area contributed by atoms with E-state index in [1.54, 1.807) is 6.07 Å². The first kappa shape index (κ1) is 14.5. The minimum Gasteiger partial charge on any atom is -0.224 e. The molecule has 0 saturated heterocycles. The van der Waals surface area contributed by atoms with Crippen LogP contribution in [0.2, 0.25) is 0 Å². The topological polar surface area (TPSA) is 34.1 Å². The van der Waals surface area contributed by atoms with Crippen LogP contribution < -0.4 is 0 Å². The van der Waals surface area contributed by atoms with Gasteiger partial charge in [-0.25, -0.2) is 8.42 Å². The number of rotatable bonds is 2. The number of aryl methyl sites for hydroxylation is 1. The van der Waals surface area contributed by atoms with Crippen LogP contribution in [0.3, 0.4) is 0 Å². The van der Waals surface area contributed by atoms with E-state index in [0.29, 0.717) is 4.90 Å². The van der Waals surface area contributed by atoms with Crippen molar-refractivity contribution in [1.29, 1.82) is 0 Å². The second-order valence-corrected chi connectivity index (χ2v) is 7.78. The Labute approximate surface area is 127 Å². The van der Waals surface area contributed by atoms with Crippen LogP contribution in [0.15, 0.2) is 41.3 Å². The predicted octanol–water partition coefficient (Wildman–Crippen LogP) is 3.98. The van der Waals surface area contributed by atoms with Crippen LogP contribution >= 0.6 is 22.6 Å². The largest absolute Gasteiger partial charge is 0.224 e. The lowest BCUT2D eigenvalue weighted by atomic mass is 9.97. The molecule has 100 valence electrons. The molecule has 0 bridgehead atoms. The number of sulfone groups is 1. The monoisotopic (exact) mass is 386 g/mol. The molecule has 0 aromatic heterocycles. The number of halogens is 1. The second kappa shape index (κ2) is 5.25. The molecule has 2 aromatic carbocycles. The molecule has 0 amide bonds. The Morgan fingerprint density at radius 2 is 1.63 bits per heavy atom. The fourth-order valence-electron chi connectivity index (χ4n) is 2.16. The molecular formula is C15H15IO2S. The minimum absolute atomic E-state index is 0.403. The van der Waals surface area contributed by atoms with Gasteiger partial charge < -0.3 is 0 Å². The van der Waals surface area contributed by atoms with Gasteiger partial charge >= 0.3 is 0 Å². The first-order valence-electron chi connectivity index (χ1n) is 5.87. The normalized spacial score (nSPS) is 11.6. The molecule has 0 spiro atoms. The molecule has 0 aliphatic rings. The van der Waals surface area contributed by atoms with Crippen molar-refractivity contribution in [2.75, 3.05) is 6.26 Å². The van der Waals surface area contributed by atoms with Gasteiger partial charge in [-0.2, -0.15) is 0 Å². The third-order valence-corrected chi connectivity index (χ3v) is 5.48. The highest BCUT2D eigenvalue weighted by atomic mass is 127. The number of hydrogen-bond acceptors (Lipinski definition) is 2. The fourth-order valence-corrected chi connectivity index (χ4v) is 3.56. The molecular weight excluding hydrogens is 371 g/mol. The van der Waals surface area contributed by atoms with Gasteiger partial charge in [-0.05, 0) is 65.3 Å². The molecule has 4 heteroatoms. The summed E-state index contributed by atoms with van der Waals surface area (Å²) in [6.45, 7) is 3.97. The Morgan fingerprint density at radius 1 is 1.00 bits per heavy atom. The van der Waals surface area contributed by atoms with Crippen molar-refractivity contribution in [3.63, 3.8) is 0 Å². The molecule has 0 atom stereocenters. The van der Waals surface area contributed by atoms with Gasteiger partial charge in [0.05, 0.1) is 4.90 Å². The first-order valence-corrected chi connectivity index (χ1v) is 8.84. The summed E-state index contributed by atoms with van der Waals surface area (Å²) in [5.41, 5.74) is 3.90. The van der Waals surface area contributed by atoms with E-state index in [9.17, 15) is 8.42 Å². The van der Waals surface area contributed by atoms with Crippen LogP contribution in [0.25, 0.3) is 11.1 Å². The maximum absolute atomic E-state index is 12.0. The molecule has 2 nitrogen and oxygen atoms in total. The summed E-state index contributed by atoms with van der Waals surface area (Å²) in [4.78, 5) is 0.403. The van der Waals surface area contributed by atoms with Crippen LogP contribution in [0.5, 0.6) is 0 Å². The zero-order valence-corrected chi connectivity index (χ0v) is 14.0. The molecule has 0 aliphatic carbocycles. The van der Waals surface area contributed by atoms with Crippen molar-refractivity contribution >= 4 is 32.4 Å². The molecule has 19 heavy (non-hydrogen) atoms. The summed E-state index contributed by atoms with van der Waals surface area (Å²) < 4.78 is 25.1. The Morgan fingerprint density at radius 3 is 2.21 bits per heavy atom. The molecule has 0 heterocycles. The van der Waals surface area contributed by atoms with E-state index < -0.39 is 9.84 Å². The van der Waals surface area contributed by atoms with Gasteiger partial charge in [0, 0.05) is 15.4 Å². The zero-order chi connectivity index (χ0) is 14.2. The average Bonchev–Trinajstić information content (AvgIpc) is 2.32. The van der Waals surface area contributed by atoms with Gasteiger partial charge in [0.1, 0.15) is 0 Å². The van der Waals surface area contributed by atoms with Crippen molar-refractivity contribution in [3.05, 3.63) is 51.1 Å². The van der Waals surface area contributed by atoms with E-state index in [4.69, 9.17) is 0 Å². The third-order valence-electron chi connectivity index (χ3n) is 3.17. The van der Waals surface area contributed by atoms with E-state index in [1.807, 2.05) is 44.2 Å². The van der Waals surface area contributed by atoms with E-state index in [2.05, 4.69) is 22.6 Å². The van der Waals surface area contributed by atoms with Crippen molar-refractivity contribution in [1.82, 2.24) is 0 Å². The van der Waals surface area contributed by atoms with Gasteiger partial charge in [-0.3, -0.25) is 0 Å². The molecule has 0 saturated carbocycles. The van der Waals surface area contributed by atoms with Crippen LogP contribution in [-0.4, -0.2) is 14.7 Å². The third kappa shape index (κ3) is 2.84. The summed E-state index contributed by atoms with van der Waals surface area (Å²) in [6, 6.07) is 11.4. The van der Waals surface area contributed by atoms with E-state index in [0.717, 1.165) is 25.8 Å². The maximum Gasteiger partial charge on any atom is 0.176 e. The number of hydrogen-bond donors (Lipinski definition) is 0. The van der Waals surface area contributed by atoms with Crippen molar-refractivity contribution < 1.29 is 8.42 Å². The lowest BCUT2D eigenvalue weighted by Crippen LogP contribution is -2.03. The molecule has 2 aromatic rings.